The molecule has 0 aliphatic carbocycles. The molecule has 0 aromatic heterocycles. The second-order valence-electron chi connectivity index (χ2n) is 7.93. The summed E-state index contributed by atoms with van der Waals surface area (Å²) in [4.78, 5) is 27.5. The van der Waals surface area contributed by atoms with Gasteiger partial charge in [-0.05, 0) is 55.2 Å². The van der Waals surface area contributed by atoms with Crippen molar-refractivity contribution in [3.05, 3.63) is 58.2 Å². The van der Waals surface area contributed by atoms with Gasteiger partial charge in [0.1, 0.15) is 11.5 Å². The fraction of sp³-hybridized carbons (Fsp3) is 0.360. The number of methoxy groups -OCH3 is 3. The van der Waals surface area contributed by atoms with Gasteiger partial charge in [-0.15, -0.1) is 0 Å². The van der Waals surface area contributed by atoms with Crippen molar-refractivity contribution in [3.63, 3.8) is 0 Å². The number of aliphatic hydroxyl groups excluding tert-OH is 1. The molecule has 1 amide bonds. The fourth-order valence-corrected chi connectivity index (χ4v) is 4.26. The van der Waals surface area contributed by atoms with Crippen molar-refractivity contribution in [3.8, 4) is 17.2 Å². The van der Waals surface area contributed by atoms with Crippen LogP contribution in [0.2, 0.25) is 0 Å². The number of amides is 1. The van der Waals surface area contributed by atoms with Gasteiger partial charge in [-0.3, -0.25) is 9.59 Å². The highest BCUT2D eigenvalue weighted by atomic mass is 16.5. The molecule has 8 heteroatoms. The van der Waals surface area contributed by atoms with Gasteiger partial charge in [0.05, 0.1) is 31.4 Å². The molecule has 1 aliphatic heterocycles. The molecule has 1 saturated heterocycles. The van der Waals surface area contributed by atoms with E-state index in [2.05, 4.69) is 0 Å². The zero-order valence-electron chi connectivity index (χ0n) is 19.5. The number of hydrogen-bond acceptors (Lipinski definition) is 7. The van der Waals surface area contributed by atoms with Gasteiger partial charge in [0, 0.05) is 20.3 Å². The third-order valence-electron chi connectivity index (χ3n) is 5.68. The van der Waals surface area contributed by atoms with Crippen LogP contribution in [-0.4, -0.2) is 61.3 Å². The number of ether oxygens (including phenoxy) is 3. The standard InChI is InChI=1S/C25H29NO7/c1-14-11-15(2)24(33-5)17(12-14)22(28)20-21(16-7-8-19(32-4)18(27)13-16)26(9-6-10-31-3)25(30)23(20)29/h7-8,11-13,21,27-28H,6,9-10H2,1-5H3/b22-20+. The molecule has 3 rings (SSSR count). The predicted octanol–water partition coefficient (Wildman–Crippen LogP) is 3.48. The molecule has 0 saturated carbocycles. The molecule has 8 nitrogen and oxygen atoms in total. The van der Waals surface area contributed by atoms with Crippen LogP contribution in [0.15, 0.2) is 35.9 Å². The van der Waals surface area contributed by atoms with E-state index in [1.165, 1.54) is 25.2 Å². The third-order valence-corrected chi connectivity index (χ3v) is 5.68. The lowest BCUT2D eigenvalue weighted by atomic mass is 9.93. The van der Waals surface area contributed by atoms with Crippen molar-refractivity contribution in [1.82, 2.24) is 4.90 Å². The zero-order valence-corrected chi connectivity index (χ0v) is 19.5. The molecule has 0 spiro atoms. The Bertz CT molecular complexity index is 1110. The number of nitrogens with zero attached hydrogens (tertiary/aromatic N) is 1. The number of hydrogen-bond donors (Lipinski definition) is 2. The Morgan fingerprint density at radius 2 is 1.79 bits per heavy atom. The molecule has 1 heterocycles. The second kappa shape index (κ2) is 9.95. The number of aryl methyl sites for hydroxylation is 2. The summed E-state index contributed by atoms with van der Waals surface area (Å²) in [7, 11) is 4.47. The molecule has 2 N–H and O–H groups in total. The summed E-state index contributed by atoms with van der Waals surface area (Å²) in [6, 6.07) is 7.36. The minimum Gasteiger partial charge on any atom is -0.507 e. The number of benzene rings is 2. The molecule has 1 fully saturated rings. The topological polar surface area (TPSA) is 106 Å². The normalized spacial score (nSPS) is 17.5. The number of aliphatic hydroxyl groups is 1. The van der Waals surface area contributed by atoms with E-state index in [0.29, 0.717) is 29.9 Å². The lowest BCUT2D eigenvalue weighted by molar-refractivity contribution is -0.140. The monoisotopic (exact) mass is 455 g/mol. The van der Waals surface area contributed by atoms with E-state index in [4.69, 9.17) is 14.2 Å². The van der Waals surface area contributed by atoms with Crippen LogP contribution in [0.5, 0.6) is 17.2 Å². The molecular formula is C25H29NO7. The number of carbonyl (C=O) groups is 2. The molecule has 0 radical (unpaired) electrons. The Morgan fingerprint density at radius 1 is 1.06 bits per heavy atom. The molecule has 2 aromatic carbocycles. The summed E-state index contributed by atoms with van der Waals surface area (Å²) in [6.45, 7) is 4.33. The van der Waals surface area contributed by atoms with Crippen LogP contribution in [0, 0.1) is 13.8 Å². The summed E-state index contributed by atoms with van der Waals surface area (Å²) in [5.41, 5.74) is 2.38. The number of phenolic OH excluding ortho intramolecular Hbond substituents is 1. The summed E-state index contributed by atoms with van der Waals surface area (Å²) in [5, 5.41) is 21.7. The molecule has 2 aromatic rings. The van der Waals surface area contributed by atoms with Crippen molar-refractivity contribution in [1.29, 1.82) is 0 Å². The highest BCUT2D eigenvalue weighted by molar-refractivity contribution is 6.46. The first-order valence-electron chi connectivity index (χ1n) is 10.5. The molecule has 1 aliphatic rings. The van der Waals surface area contributed by atoms with E-state index in [9.17, 15) is 19.8 Å². The Kier molecular flexibility index (Phi) is 7.28. The van der Waals surface area contributed by atoms with Crippen molar-refractivity contribution >= 4 is 17.4 Å². The second-order valence-corrected chi connectivity index (χ2v) is 7.93. The lowest BCUT2D eigenvalue weighted by Crippen LogP contribution is -2.31. The average Bonchev–Trinajstić information content (AvgIpc) is 3.03. The summed E-state index contributed by atoms with van der Waals surface area (Å²) < 4.78 is 15.7. The van der Waals surface area contributed by atoms with Gasteiger partial charge in [0.15, 0.2) is 11.5 Å². The molecule has 33 heavy (non-hydrogen) atoms. The average molecular weight is 456 g/mol. The predicted molar refractivity (Wildman–Crippen MR) is 123 cm³/mol. The SMILES string of the molecule is COCCCN1C(=O)C(=O)/C(=C(/O)c2cc(C)cc(C)c2OC)C1c1ccc(OC)c(O)c1. The van der Waals surface area contributed by atoms with Crippen molar-refractivity contribution in [2.75, 3.05) is 34.5 Å². The van der Waals surface area contributed by atoms with Crippen LogP contribution in [0.3, 0.4) is 0 Å². The maximum Gasteiger partial charge on any atom is 0.295 e. The zero-order chi connectivity index (χ0) is 24.3. The lowest BCUT2D eigenvalue weighted by Gasteiger charge is -2.26. The Balaban J connectivity index is 2.24. The minimum absolute atomic E-state index is 0.0646. The van der Waals surface area contributed by atoms with Crippen LogP contribution in [0.25, 0.3) is 5.76 Å². The van der Waals surface area contributed by atoms with Crippen LogP contribution in [-0.2, 0) is 14.3 Å². The van der Waals surface area contributed by atoms with Crippen molar-refractivity contribution < 1.29 is 34.0 Å². The van der Waals surface area contributed by atoms with Crippen LogP contribution in [0.4, 0.5) is 0 Å². The Hall–Kier alpha value is -3.52. The minimum atomic E-state index is -0.899. The Labute approximate surface area is 193 Å². The maximum atomic E-state index is 13.2. The number of Topliss-reactive ketones (excluding diaryl/α,β-unsaturated/α-hetero) is 1. The molecule has 1 atom stereocenters. The molecular weight excluding hydrogens is 426 g/mol. The third kappa shape index (κ3) is 4.52. The van der Waals surface area contributed by atoms with Crippen LogP contribution >= 0.6 is 0 Å². The first-order chi connectivity index (χ1) is 15.7. The van der Waals surface area contributed by atoms with E-state index in [1.54, 1.807) is 25.3 Å². The van der Waals surface area contributed by atoms with Gasteiger partial charge in [-0.25, -0.2) is 0 Å². The van der Waals surface area contributed by atoms with Gasteiger partial charge >= 0.3 is 0 Å². The van der Waals surface area contributed by atoms with Gasteiger partial charge < -0.3 is 29.3 Å². The number of phenols is 1. The maximum absolute atomic E-state index is 13.2. The first-order valence-corrected chi connectivity index (χ1v) is 10.5. The quantitative estimate of drug-likeness (QED) is 0.272. The highest BCUT2D eigenvalue weighted by Crippen LogP contribution is 2.43. The number of ketones is 1. The van der Waals surface area contributed by atoms with E-state index >= 15 is 0 Å². The fourth-order valence-electron chi connectivity index (χ4n) is 4.26. The molecule has 0 bridgehead atoms. The smallest absolute Gasteiger partial charge is 0.295 e. The van der Waals surface area contributed by atoms with Gasteiger partial charge in [0.25, 0.3) is 11.7 Å². The Morgan fingerprint density at radius 3 is 2.39 bits per heavy atom. The van der Waals surface area contributed by atoms with Gasteiger partial charge in [-0.1, -0.05) is 12.1 Å². The van der Waals surface area contributed by atoms with Gasteiger partial charge in [-0.2, -0.15) is 0 Å². The van der Waals surface area contributed by atoms with E-state index < -0.39 is 17.7 Å². The van der Waals surface area contributed by atoms with Crippen molar-refractivity contribution in [2.24, 2.45) is 0 Å². The van der Waals surface area contributed by atoms with Gasteiger partial charge in [0.2, 0.25) is 0 Å². The number of carbonyl (C=O) groups excluding carboxylic acids is 2. The highest BCUT2D eigenvalue weighted by Gasteiger charge is 2.46. The number of rotatable bonds is 8. The van der Waals surface area contributed by atoms with E-state index in [-0.39, 0.29) is 29.4 Å². The van der Waals surface area contributed by atoms with E-state index in [0.717, 1.165) is 11.1 Å². The number of likely N-dealkylation sites (tertiary alicyclic amines) is 1. The van der Waals surface area contributed by atoms with E-state index in [1.807, 2.05) is 19.9 Å². The van der Waals surface area contributed by atoms with Crippen LogP contribution in [0.1, 0.15) is 34.7 Å². The number of aromatic hydroxyl groups is 1. The molecule has 1 unspecified atom stereocenters. The van der Waals surface area contributed by atoms with Crippen LogP contribution < -0.4 is 9.47 Å². The largest absolute Gasteiger partial charge is 0.507 e. The first kappa shape index (κ1) is 24.1. The summed E-state index contributed by atoms with van der Waals surface area (Å²) in [5.74, 6) is -1.32. The molecule has 176 valence electrons. The summed E-state index contributed by atoms with van der Waals surface area (Å²) in [6.07, 6.45) is 0.495. The summed E-state index contributed by atoms with van der Waals surface area (Å²) >= 11 is 0. The van der Waals surface area contributed by atoms with Crippen molar-refractivity contribution in [2.45, 2.75) is 26.3 Å².